The number of carbonyl (C=O) groups excluding carboxylic acids is 1. The molecule has 0 heterocycles. The van der Waals surface area contributed by atoms with E-state index in [0.717, 1.165) is 13.0 Å². The molecule has 6 nitrogen and oxygen atoms in total. The molecule has 0 amide bonds. The van der Waals surface area contributed by atoms with Crippen LogP contribution in [0.5, 0.6) is 5.75 Å². The van der Waals surface area contributed by atoms with E-state index < -0.39 is 34.6 Å². The Morgan fingerprint density at radius 3 is 2.45 bits per heavy atom. The van der Waals surface area contributed by atoms with Crippen molar-refractivity contribution in [3.63, 3.8) is 0 Å². The van der Waals surface area contributed by atoms with Crippen LogP contribution in [-0.2, 0) is 15.7 Å². The monoisotopic (exact) mass is 293 g/mol. The third kappa shape index (κ3) is 4.11. The standard InChI is InChI=1S/C11H10F3NO5/c1-6(16)19-7(2)20-8-3-4-10(15(17)18)9(5-8)11(12,13)14/h3-5,7H,1-2H3. The van der Waals surface area contributed by atoms with E-state index in [1.165, 1.54) is 6.92 Å². The maximum atomic E-state index is 12.7. The van der Waals surface area contributed by atoms with Crippen molar-refractivity contribution in [2.75, 3.05) is 0 Å². The summed E-state index contributed by atoms with van der Waals surface area (Å²) in [5.41, 5.74) is -2.51. The molecule has 0 aliphatic carbocycles. The Morgan fingerprint density at radius 1 is 1.40 bits per heavy atom. The molecule has 20 heavy (non-hydrogen) atoms. The van der Waals surface area contributed by atoms with E-state index >= 15 is 0 Å². The van der Waals surface area contributed by atoms with E-state index in [1.54, 1.807) is 0 Å². The summed E-state index contributed by atoms with van der Waals surface area (Å²) in [7, 11) is 0. The summed E-state index contributed by atoms with van der Waals surface area (Å²) in [5, 5.41) is 10.5. The van der Waals surface area contributed by atoms with E-state index in [2.05, 4.69) is 4.74 Å². The molecule has 1 aromatic rings. The number of esters is 1. The first-order chi connectivity index (χ1) is 9.11. The van der Waals surface area contributed by atoms with Gasteiger partial charge in [0.1, 0.15) is 11.3 Å². The largest absolute Gasteiger partial charge is 0.455 e. The van der Waals surface area contributed by atoms with Crippen LogP contribution in [0.1, 0.15) is 19.4 Å². The second-order valence-electron chi connectivity index (χ2n) is 3.73. The van der Waals surface area contributed by atoms with Gasteiger partial charge in [-0.15, -0.1) is 0 Å². The van der Waals surface area contributed by atoms with Crippen LogP contribution in [0.15, 0.2) is 18.2 Å². The average molecular weight is 293 g/mol. The van der Waals surface area contributed by atoms with E-state index in [-0.39, 0.29) is 5.75 Å². The third-order valence-electron chi connectivity index (χ3n) is 2.10. The Bertz CT molecular complexity index is 529. The molecule has 1 aromatic carbocycles. The van der Waals surface area contributed by atoms with Crippen LogP contribution in [-0.4, -0.2) is 17.2 Å². The SMILES string of the molecule is CC(=O)OC(C)Oc1ccc([N+](=O)[O-])c(C(F)(F)F)c1. The maximum Gasteiger partial charge on any atom is 0.423 e. The van der Waals surface area contributed by atoms with Crippen molar-refractivity contribution in [2.45, 2.75) is 26.3 Å². The zero-order valence-electron chi connectivity index (χ0n) is 10.4. The highest BCUT2D eigenvalue weighted by Gasteiger charge is 2.38. The summed E-state index contributed by atoms with van der Waals surface area (Å²) in [6.07, 6.45) is -6.01. The Morgan fingerprint density at radius 2 is 2.00 bits per heavy atom. The van der Waals surface area contributed by atoms with Crippen molar-refractivity contribution < 1.29 is 32.4 Å². The first-order valence-corrected chi connectivity index (χ1v) is 5.30. The quantitative estimate of drug-likeness (QED) is 0.369. The molecule has 0 aliphatic heterocycles. The van der Waals surface area contributed by atoms with Crippen LogP contribution >= 0.6 is 0 Å². The highest BCUT2D eigenvalue weighted by atomic mass is 19.4. The van der Waals surface area contributed by atoms with Gasteiger partial charge >= 0.3 is 12.1 Å². The fourth-order valence-electron chi connectivity index (χ4n) is 1.42. The summed E-state index contributed by atoms with van der Waals surface area (Å²) < 4.78 is 47.6. The number of hydrogen-bond acceptors (Lipinski definition) is 5. The summed E-state index contributed by atoms with van der Waals surface area (Å²) in [5.74, 6) is -0.966. The first-order valence-electron chi connectivity index (χ1n) is 5.30. The molecule has 0 fully saturated rings. The Hall–Kier alpha value is -2.32. The third-order valence-corrected chi connectivity index (χ3v) is 2.10. The lowest BCUT2D eigenvalue weighted by molar-refractivity contribution is -0.388. The van der Waals surface area contributed by atoms with Crippen molar-refractivity contribution >= 4 is 11.7 Å². The predicted molar refractivity (Wildman–Crippen MR) is 60.0 cm³/mol. The second kappa shape index (κ2) is 5.76. The van der Waals surface area contributed by atoms with Crippen LogP contribution in [0.2, 0.25) is 0 Å². The van der Waals surface area contributed by atoms with Gasteiger partial charge in [0, 0.05) is 19.9 Å². The van der Waals surface area contributed by atoms with E-state index in [4.69, 9.17) is 4.74 Å². The summed E-state index contributed by atoms with van der Waals surface area (Å²) in [6.45, 7) is 2.41. The van der Waals surface area contributed by atoms with Gasteiger partial charge in [-0.05, 0) is 12.1 Å². The minimum atomic E-state index is -4.90. The number of halogens is 3. The van der Waals surface area contributed by atoms with Crippen LogP contribution in [0.4, 0.5) is 18.9 Å². The Labute approximate surface area is 111 Å². The topological polar surface area (TPSA) is 78.7 Å². The van der Waals surface area contributed by atoms with Gasteiger partial charge in [-0.25, -0.2) is 0 Å². The van der Waals surface area contributed by atoms with Crippen LogP contribution in [0, 0.1) is 10.1 Å². The number of ether oxygens (including phenoxy) is 2. The number of hydrogen-bond donors (Lipinski definition) is 0. The Balaban J connectivity index is 3.07. The van der Waals surface area contributed by atoms with Gasteiger partial charge in [-0.2, -0.15) is 13.2 Å². The van der Waals surface area contributed by atoms with Crippen LogP contribution in [0.25, 0.3) is 0 Å². The molecule has 1 unspecified atom stereocenters. The van der Waals surface area contributed by atoms with Crippen LogP contribution < -0.4 is 4.74 Å². The number of alkyl halides is 3. The fraction of sp³-hybridized carbons (Fsp3) is 0.364. The van der Waals surface area contributed by atoms with E-state index in [9.17, 15) is 28.1 Å². The molecule has 110 valence electrons. The molecule has 9 heteroatoms. The lowest BCUT2D eigenvalue weighted by Gasteiger charge is -2.15. The molecule has 0 saturated heterocycles. The minimum absolute atomic E-state index is 0.295. The van der Waals surface area contributed by atoms with Gasteiger partial charge < -0.3 is 9.47 Å². The Kier molecular flexibility index (Phi) is 4.53. The van der Waals surface area contributed by atoms with Gasteiger partial charge in [0.2, 0.25) is 6.29 Å². The van der Waals surface area contributed by atoms with Gasteiger partial charge in [0.15, 0.2) is 0 Å². The smallest absolute Gasteiger partial charge is 0.423 e. The number of benzene rings is 1. The molecule has 0 aliphatic rings. The zero-order valence-corrected chi connectivity index (χ0v) is 10.4. The van der Waals surface area contributed by atoms with Gasteiger partial charge in [0.25, 0.3) is 5.69 Å². The number of nitro benzene ring substituents is 1. The molecular weight excluding hydrogens is 283 g/mol. The van der Waals surface area contributed by atoms with Crippen molar-refractivity contribution in [1.82, 2.24) is 0 Å². The minimum Gasteiger partial charge on any atom is -0.455 e. The molecule has 0 saturated carbocycles. The van der Waals surface area contributed by atoms with Crippen molar-refractivity contribution in [3.8, 4) is 5.75 Å². The highest BCUT2D eigenvalue weighted by molar-refractivity contribution is 5.66. The van der Waals surface area contributed by atoms with Gasteiger partial charge in [0.05, 0.1) is 4.92 Å². The van der Waals surface area contributed by atoms with Crippen molar-refractivity contribution in [1.29, 1.82) is 0 Å². The molecule has 0 bridgehead atoms. The van der Waals surface area contributed by atoms with Crippen molar-refractivity contribution in [3.05, 3.63) is 33.9 Å². The summed E-state index contributed by atoms with van der Waals surface area (Å²) in [4.78, 5) is 20.0. The van der Waals surface area contributed by atoms with E-state index in [0.29, 0.717) is 12.1 Å². The van der Waals surface area contributed by atoms with Gasteiger partial charge in [-0.1, -0.05) is 0 Å². The fourth-order valence-corrected chi connectivity index (χ4v) is 1.42. The maximum absolute atomic E-state index is 12.7. The first kappa shape index (κ1) is 15.7. The normalized spacial score (nSPS) is 12.7. The lowest BCUT2D eigenvalue weighted by atomic mass is 10.1. The number of carbonyl (C=O) groups is 1. The molecule has 1 rings (SSSR count). The number of rotatable bonds is 4. The number of nitrogens with zero attached hydrogens (tertiary/aromatic N) is 1. The molecule has 0 radical (unpaired) electrons. The highest BCUT2D eigenvalue weighted by Crippen LogP contribution is 2.38. The molecule has 0 spiro atoms. The van der Waals surface area contributed by atoms with E-state index in [1.807, 2.05) is 0 Å². The lowest BCUT2D eigenvalue weighted by Crippen LogP contribution is -2.19. The molecular formula is C11H10F3NO5. The van der Waals surface area contributed by atoms with Gasteiger partial charge in [-0.3, -0.25) is 14.9 Å². The molecule has 0 aromatic heterocycles. The summed E-state index contributed by atoms with van der Waals surface area (Å²) in [6, 6.07) is 2.16. The molecule has 0 N–H and O–H groups in total. The van der Waals surface area contributed by atoms with Crippen molar-refractivity contribution in [2.24, 2.45) is 0 Å². The predicted octanol–water partition coefficient (Wildman–Crippen LogP) is 2.90. The second-order valence-corrected chi connectivity index (χ2v) is 3.73. The van der Waals surface area contributed by atoms with Crippen LogP contribution in [0.3, 0.4) is 0 Å². The average Bonchev–Trinajstić information content (AvgIpc) is 2.25. The molecule has 1 atom stereocenters. The summed E-state index contributed by atoms with van der Waals surface area (Å²) >= 11 is 0. The zero-order chi connectivity index (χ0) is 15.5. The number of nitro groups is 1.